The van der Waals surface area contributed by atoms with E-state index in [2.05, 4.69) is 6.07 Å². The molecule has 0 aromatic heterocycles. The average molecular weight is 93.1 g/mol. The van der Waals surface area contributed by atoms with E-state index in [0.29, 0.717) is 0 Å². The Kier molecular flexibility index (Phi) is 1.12. The highest BCUT2D eigenvalue weighted by molar-refractivity contribution is 5.23. The summed E-state index contributed by atoms with van der Waals surface area (Å²) in [6, 6.07) is 2.12. The van der Waals surface area contributed by atoms with Gasteiger partial charge in [0, 0.05) is 5.57 Å². The van der Waals surface area contributed by atoms with Crippen molar-refractivity contribution in [2.24, 2.45) is 0 Å². The average Bonchev–Trinajstić information content (AvgIpc) is 2.14. The van der Waals surface area contributed by atoms with Gasteiger partial charge in [0.25, 0.3) is 0 Å². The fraction of sp³-hybridized carbons (Fsp3) is 0.500. The Morgan fingerprint density at radius 3 is 2.86 bits per heavy atom. The van der Waals surface area contributed by atoms with Gasteiger partial charge in [-0.2, -0.15) is 5.26 Å². The molecular formula is C6H7N. The molecule has 1 rings (SSSR count). The van der Waals surface area contributed by atoms with Crippen molar-refractivity contribution >= 4 is 0 Å². The SMILES string of the molecule is N#CC1=CCCC1. The Morgan fingerprint density at radius 2 is 2.57 bits per heavy atom. The van der Waals surface area contributed by atoms with Crippen LogP contribution in [0.4, 0.5) is 0 Å². The van der Waals surface area contributed by atoms with Gasteiger partial charge in [-0.05, 0) is 19.3 Å². The summed E-state index contributed by atoms with van der Waals surface area (Å²) in [6.07, 6.45) is 5.32. The Bertz CT molecular complexity index is 128. The maximum atomic E-state index is 8.25. The molecule has 0 N–H and O–H groups in total. The van der Waals surface area contributed by atoms with Crippen LogP contribution in [0.2, 0.25) is 0 Å². The smallest absolute Gasteiger partial charge is 0.0943 e. The molecule has 0 radical (unpaired) electrons. The minimum absolute atomic E-state index is 0.972. The monoisotopic (exact) mass is 93.1 g/mol. The maximum Gasteiger partial charge on any atom is 0.0943 e. The first-order valence-electron chi connectivity index (χ1n) is 2.52. The standard InChI is InChI=1S/C6H7N/c7-5-6-3-1-2-4-6/h3H,1-2,4H2. The van der Waals surface area contributed by atoms with Gasteiger partial charge < -0.3 is 0 Å². The summed E-state index contributed by atoms with van der Waals surface area (Å²) in [4.78, 5) is 0. The molecule has 1 aliphatic carbocycles. The van der Waals surface area contributed by atoms with Gasteiger partial charge in [-0.15, -0.1) is 0 Å². The second kappa shape index (κ2) is 1.79. The Labute approximate surface area is 43.3 Å². The molecule has 1 nitrogen and oxygen atoms in total. The zero-order chi connectivity index (χ0) is 5.11. The van der Waals surface area contributed by atoms with Gasteiger partial charge >= 0.3 is 0 Å². The van der Waals surface area contributed by atoms with Crippen molar-refractivity contribution in [2.45, 2.75) is 19.3 Å². The van der Waals surface area contributed by atoms with Crippen molar-refractivity contribution in [2.75, 3.05) is 0 Å². The number of allylic oxidation sites excluding steroid dienone is 2. The zero-order valence-corrected chi connectivity index (χ0v) is 4.15. The van der Waals surface area contributed by atoms with Crippen LogP contribution in [0.25, 0.3) is 0 Å². The lowest BCUT2D eigenvalue weighted by molar-refractivity contribution is 0.917. The van der Waals surface area contributed by atoms with Gasteiger partial charge in [-0.3, -0.25) is 0 Å². The summed E-state index contributed by atoms with van der Waals surface area (Å²) in [5.41, 5.74) is 0.972. The first-order valence-corrected chi connectivity index (χ1v) is 2.52. The first kappa shape index (κ1) is 4.39. The molecule has 0 saturated heterocycles. The second-order valence-electron chi connectivity index (χ2n) is 1.73. The largest absolute Gasteiger partial charge is 0.193 e. The topological polar surface area (TPSA) is 23.8 Å². The molecule has 0 unspecified atom stereocenters. The van der Waals surface area contributed by atoms with Crippen molar-refractivity contribution in [1.82, 2.24) is 0 Å². The number of nitriles is 1. The highest BCUT2D eigenvalue weighted by Crippen LogP contribution is 2.15. The van der Waals surface area contributed by atoms with Crippen molar-refractivity contribution in [3.05, 3.63) is 11.6 Å². The van der Waals surface area contributed by atoms with Crippen molar-refractivity contribution in [3.63, 3.8) is 0 Å². The molecule has 0 aromatic carbocycles. The van der Waals surface area contributed by atoms with E-state index < -0.39 is 0 Å². The van der Waals surface area contributed by atoms with E-state index in [9.17, 15) is 0 Å². The van der Waals surface area contributed by atoms with Crippen LogP contribution in [0.15, 0.2) is 11.6 Å². The van der Waals surface area contributed by atoms with Gasteiger partial charge in [0.15, 0.2) is 0 Å². The second-order valence-corrected chi connectivity index (χ2v) is 1.73. The molecule has 0 amide bonds. The summed E-state index contributed by atoms with van der Waals surface area (Å²) in [5, 5.41) is 8.25. The molecule has 0 aliphatic heterocycles. The number of rotatable bonds is 0. The van der Waals surface area contributed by atoms with Crippen LogP contribution in [-0.4, -0.2) is 0 Å². The molecule has 1 heteroatoms. The van der Waals surface area contributed by atoms with Gasteiger partial charge in [0.1, 0.15) is 0 Å². The number of hydrogen-bond acceptors (Lipinski definition) is 1. The molecule has 7 heavy (non-hydrogen) atoms. The maximum absolute atomic E-state index is 8.25. The van der Waals surface area contributed by atoms with E-state index in [1.54, 1.807) is 0 Å². The lowest BCUT2D eigenvalue weighted by atomic mass is 10.3. The Hall–Kier alpha value is -0.770. The number of hydrogen-bond donors (Lipinski definition) is 0. The fourth-order valence-corrected chi connectivity index (χ4v) is 0.772. The minimum atomic E-state index is 0.972. The normalized spacial score (nSPS) is 18.4. The molecule has 1 aliphatic rings. The van der Waals surface area contributed by atoms with Crippen LogP contribution in [0.3, 0.4) is 0 Å². The van der Waals surface area contributed by atoms with Crippen LogP contribution in [0.5, 0.6) is 0 Å². The van der Waals surface area contributed by atoms with Gasteiger partial charge in [-0.25, -0.2) is 0 Å². The minimum Gasteiger partial charge on any atom is -0.193 e. The summed E-state index contributed by atoms with van der Waals surface area (Å²) in [6.45, 7) is 0. The molecule has 0 spiro atoms. The third-order valence-electron chi connectivity index (χ3n) is 1.18. The predicted octanol–water partition coefficient (Wildman–Crippen LogP) is 1.62. The highest BCUT2D eigenvalue weighted by Gasteiger charge is 2.00. The van der Waals surface area contributed by atoms with E-state index in [4.69, 9.17) is 5.26 Å². The van der Waals surface area contributed by atoms with E-state index >= 15 is 0 Å². The van der Waals surface area contributed by atoms with Crippen molar-refractivity contribution in [3.8, 4) is 6.07 Å². The Balaban J connectivity index is 2.57. The van der Waals surface area contributed by atoms with Crippen molar-refractivity contribution in [1.29, 1.82) is 5.26 Å². The van der Waals surface area contributed by atoms with Gasteiger partial charge in [0.05, 0.1) is 6.07 Å². The molecule has 0 fully saturated rings. The van der Waals surface area contributed by atoms with Crippen LogP contribution >= 0.6 is 0 Å². The molecule has 0 heterocycles. The van der Waals surface area contributed by atoms with E-state index in [1.807, 2.05) is 6.08 Å². The molecule has 36 valence electrons. The van der Waals surface area contributed by atoms with Crippen LogP contribution in [0, 0.1) is 11.3 Å². The third kappa shape index (κ3) is 0.806. The Morgan fingerprint density at radius 1 is 1.71 bits per heavy atom. The van der Waals surface area contributed by atoms with E-state index in [1.165, 1.54) is 6.42 Å². The summed E-state index contributed by atoms with van der Waals surface area (Å²) >= 11 is 0. The number of nitrogens with zero attached hydrogens (tertiary/aromatic N) is 1. The third-order valence-corrected chi connectivity index (χ3v) is 1.18. The summed E-state index contributed by atoms with van der Waals surface area (Å²) in [5.74, 6) is 0. The fourth-order valence-electron chi connectivity index (χ4n) is 0.772. The quantitative estimate of drug-likeness (QED) is 0.446. The highest BCUT2D eigenvalue weighted by atomic mass is 14.2. The molecule has 0 saturated carbocycles. The zero-order valence-electron chi connectivity index (χ0n) is 4.15. The molecule has 0 bridgehead atoms. The molecule has 0 atom stereocenters. The van der Waals surface area contributed by atoms with Gasteiger partial charge in [0.2, 0.25) is 0 Å². The summed E-state index contributed by atoms with van der Waals surface area (Å²) in [7, 11) is 0. The van der Waals surface area contributed by atoms with Gasteiger partial charge in [-0.1, -0.05) is 6.08 Å². The lowest BCUT2D eigenvalue weighted by Gasteiger charge is -1.76. The van der Waals surface area contributed by atoms with Crippen LogP contribution < -0.4 is 0 Å². The van der Waals surface area contributed by atoms with E-state index in [-0.39, 0.29) is 0 Å². The summed E-state index contributed by atoms with van der Waals surface area (Å²) < 4.78 is 0. The first-order chi connectivity index (χ1) is 3.43. The lowest BCUT2D eigenvalue weighted by Crippen LogP contribution is -1.64. The van der Waals surface area contributed by atoms with Crippen LogP contribution in [0.1, 0.15) is 19.3 Å². The molecular weight excluding hydrogens is 86.1 g/mol. The van der Waals surface area contributed by atoms with Crippen LogP contribution in [-0.2, 0) is 0 Å². The molecule has 0 aromatic rings. The predicted molar refractivity (Wildman–Crippen MR) is 27.5 cm³/mol. The van der Waals surface area contributed by atoms with E-state index in [0.717, 1.165) is 18.4 Å². The van der Waals surface area contributed by atoms with Crippen molar-refractivity contribution < 1.29 is 0 Å².